The molecule has 2 atom stereocenters. The Labute approximate surface area is 80.1 Å². The lowest BCUT2D eigenvalue weighted by Crippen LogP contribution is -2.50. The Bertz CT molecular complexity index is 251. The third-order valence-electron chi connectivity index (χ3n) is 2.54. The average molecular weight is 206 g/mol. The van der Waals surface area contributed by atoms with Crippen LogP contribution in [0.25, 0.3) is 0 Å². The highest BCUT2D eigenvalue weighted by atomic mass is 32.2. The Kier molecular flexibility index (Phi) is 3.70. The number of hydrogen-bond donors (Lipinski definition) is 2. The van der Waals surface area contributed by atoms with Gasteiger partial charge in [0.05, 0.1) is 5.75 Å². The predicted octanol–water partition coefficient (Wildman–Crippen LogP) is -0.0763. The predicted molar refractivity (Wildman–Crippen MR) is 53.0 cm³/mol. The van der Waals surface area contributed by atoms with Gasteiger partial charge in [-0.15, -0.1) is 0 Å². The van der Waals surface area contributed by atoms with Crippen LogP contribution in [0, 0.1) is 5.92 Å². The fraction of sp³-hybridized carbons (Fsp3) is 1.00. The molecule has 1 rings (SSSR count). The van der Waals surface area contributed by atoms with Crippen LogP contribution in [0.4, 0.5) is 0 Å². The van der Waals surface area contributed by atoms with Gasteiger partial charge < -0.3 is 5.32 Å². The first-order valence-electron chi connectivity index (χ1n) is 4.76. The molecule has 0 bridgehead atoms. The highest BCUT2D eigenvalue weighted by Crippen LogP contribution is 2.11. The number of piperidine rings is 1. The topological polar surface area (TPSA) is 58.2 Å². The highest BCUT2D eigenvalue weighted by Gasteiger charge is 2.24. The second-order valence-corrected chi connectivity index (χ2v) is 5.64. The third kappa shape index (κ3) is 3.25. The van der Waals surface area contributed by atoms with Crippen LogP contribution in [0.2, 0.25) is 0 Å². The lowest BCUT2D eigenvalue weighted by atomic mass is 9.96. The van der Waals surface area contributed by atoms with Crippen molar-refractivity contribution in [1.29, 1.82) is 0 Å². The molecule has 0 aliphatic carbocycles. The summed E-state index contributed by atoms with van der Waals surface area (Å²) in [6.45, 7) is 5.48. The molecule has 1 fully saturated rings. The van der Waals surface area contributed by atoms with Gasteiger partial charge in [-0.25, -0.2) is 13.1 Å². The third-order valence-corrected chi connectivity index (χ3v) is 3.96. The Hall–Kier alpha value is -0.130. The lowest BCUT2D eigenvalue weighted by Gasteiger charge is -2.29. The standard InChI is InChI=1S/C8H18N2O2S/c1-3-13(11,12)10-8-6-9-5-4-7(8)2/h7-10H,3-6H2,1-2H3. The summed E-state index contributed by atoms with van der Waals surface area (Å²) < 4.78 is 25.3. The van der Waals surface area contributed by atoms with Crippen molar-refractivity contribution >= 4 is 10.0 Å². The van der Waals surface area contributed by atoms with Crippen molar-refractivity contribution in [3.05, 3.63) is 0 Å². The zero-order chi connectivity index (χ0) is 9.90. The number of sulfonamides is 1. The maximum atomic E-state index is 11.3. The van der Waals surface area contributed by atoms with Crippen LogP contribution in [0.1, 0.15) is 20.3 Å². The van der Waals surface area contributed by atoms with Crippen molar-refractivity contribution in [1.82, 2.24) is 10.0 Å². The van der Waals surface area contributed by atoms with Crippen molar-refractivity contribution in [2.75, 3.05) is 18.8 Å². The maximum absolute atomic E-state index is 11.3. The van der Waals surface area contributed by atoms with E-state index in [0.29, 0.717) is 5.92 Å². The number of rotatable bonds is 3. The summed E-state index contributed by atoms with van der Waals surface area (Å²) in [6.07, 6.45) is 1.04. The summed E-state index contributed by atoms with van der Waals surface area (Å²) in [6, 6.07) is 0.0682. The van der Waals surface area contributed by atoms with E-state index >= 15 is 0 Å². The van der Waals surface area contributed by atoms with Crippen molar-refractivity contribution in [2.24, 2.45) is 5.92 Å². The molecule has 2 unspecified atom stereocenters. The van der Waals surface area contributed by atoms with Gasteiger partial charge in [0.1, 0.15) is 0 Å². The fourth-order valence-corrected chi connectivity index (χ4v) is 2.41. The molecule has 1 aliphatic rings. The average Bonchev–Trinajstić information content (AvgIpc) is 2.09. The zero-order valence-corrected chi connectivity index (χ0v) is 9.02. The minimum atomic E-state index is -3.04. The fourth-order valence-electron chi connectivity index (χ4n) is 1.46. The van der Waals surface area contributed by atoms with E-state index in [1.165, 1.54) is 0 Å². The molecule has 1 aliphatic heterocycles. The second-order valence-electron chi connectivity index (χ2n) is 3.60. The van der Waals surface area contributed by atoms with Gasteiger partial charge in [0.25, 0.3) is 0 Å². The van der Waals surface area contributed by atoms with Gasteiger partial charge in [0.15, 0.2) is 0 Å². The first-order valence-corrected chi connectivity index (χ1v) is 6.41. The van der Waals surface area contributed by atoms with Crippen molar-refractivity contribution in [3.63, 3.8) is 0 Å². The smallest absolute Gasteiger partial charge is 0.211 e. The molecule has 1 heterocycles. The molecule has 1 saturated heterocycles. The van der Waals surface area contributed by atoms with Crippen molar-refractivity contribution in [2.45, 2.75) is 26.3 Å². The maximum Gasteiger partial charge on any atom is 0.211 e. The molecular formula is C8H18N2O2S. The molecule has 4 nitrogen and oxygen atoms in total. The quantitative estimate of drug-likeness (QED) is 0.679. The normalized spacial score (nSPS) is 30.3. The van der Waals surface area contributed by atoms with Gasteiger partial charge in [-0.3, -0.25) is 0 Å². The molecule has 0 aromatic rings. The lowest BCUT2D eigenvalue weighted by molar-refractivity contribution is 0.327. The van der Waals surface area contributed by atoms with Gasteiger partial charge in [-0.1, -0.05) is 6.92 Å². The molecule has 5 heteroatoms. The molecule has 13 heavy (non-hydrogen) atoms. The summed E-state index contributed by atoms with van der Waals surface area (Å²) in [7, 11) is -3.04. The van der Waals surface area contributed by atoms with Gasteiger partial charge in [-0.05, 0) is 25.8 Å². The molecule has 0 spiro atoms. The largest absolute Gasteiger partial charge is 0.315 e. The SMILES string of the molecule is CCS(=O)(=O)NC1CNCCC1C. The van der Waals surface area contributed by atoms with Crippen LogP contribution in [-0.4, -0.2) is 33.3 Å². The van der Waals surface area contributed by atoms with Crippen molar-refractivity contribution in [3.8, 4) is 0 Å². The molecular weight excluding hydrogens is 188 g/mol. The minimum absolute atomic E-state index is 0.0682. The van der Waals surface area contributed by atoms with Crippen LogP contribution >= 0.6 is 0 Å². The first-order chi connectivity index (χ1) is 6.05. The Morgan fingerprint density at radius 1 is 1.54 bits per heavy atom. The number of hydrogen-bond acceptors (Lipinski definition) is 3. The van der Waals surface area contributed by atoms with E-state index in [1.54, 1.807) is 6.92 Å². The van der Waals surface area contributed by atoms with E-state index < -0.39 is 10.0 Å². The molecule has 0 amide bonds. The van der Waals surface area contributed by atoms with Crippen LogP contribution in [0.15, 0.2) is 0 Å². The van der Waals surface area contributed by atoms with Gasteiger partial charge in [0.2, 0.25) is 10.0 Å². The summed E-state index contributed by atoms with van der Waals surface area (Å²) in [5.74, 6) is 0.596. The first kappa shape index (κ1) is 10.9. The Morgan fingerprint density at radius 3 is 2.77 bits per heavy atom. The molecule has 2 N–H and O–H groups in total. The summed E-state index contributed by atoms with van der Waals surface area (Å²) in [4.78, 5) is 0. The Morgan fingerprint density at radius 2 is 2.23 bits per heavy atom. The van der Waals surface area contributed by atoms with Crippen LogP contribution < -0.4 is 10.0 Å². The van der Waals surface area contributed by atoms with Gasteiger partial charge in [0, 0.05) is 12.6 Å². The van der Waals surface area contributed by atoms with E-state index in [4.69, 9.17) is 0 Å². The van der Waals surface area contributed by atoms with Gasteiger partial charge >= 0.3 is 0 Å². The minimum Gasteiger partial charge on any atom is -0.315 e. The highest BCUT2D eigenvalue weighted by molar-refractivity contribution is 7.89. The Balaban J connectivity index is 2.52. The number of nitrogens with one attached hydrogen (secondary N) is 2. The van der Waals surface area contributed by atoms with Crippen LogP contribution in [-0.2, 0) is 10.0 Å². The molecule has 0 aromatic heterocycles. The van der Waals surface area contributed by atoms with Crippen LogP contribution in [0.5, 0.6) is 0 Å². The summed E-state index contributed by atoms with van der Waals surface area (Å²) >= 11 is 0. The zero-order valence-electron chi connectivity index (χ0n) is 8.21. The molecule has 78 valence electrons. The monoisotopic (exact) mass is 206 g/mol. The molecule has 0 saturated carbocycles. The van der Waals surface area contributed by atoms with E-state index in [0.717, 1.165) is 19.5 Å². The van der Waals surface area contributed by atoms with E-state index in [2.05, 4.69) is 17.0 Å². The molecule has 0 radical (unpaired) electrons. The van der Waals surface area contributed by atoms with E-state index in [9.17, 15) is 8.42 Å². The van der Waals surface area contributed by atoms with Crippen LogP contribution in [0.3, 0.4) is 0 Å². The summed E-state index contributed by atoms with van der Waals surface area (Å²) in [5.41, 5.74) is 0. The second kappa shape index (κ2) is 4.39. The van der Waals surface area contributed by atoms with E-state index in [1.807, 2.05) is 0 Å². The van der Waals surface area contributed by atoms with Crippen molar-refractivity contribution < 1.29 is 8.42 Å². The van der Waals surface area contributed by atoms with E-state index in [-0.39, 0.29) is 11.8 Å². The molecule has 0 aromatic carbocycles. The summed E-state index contributed by atoms with van der Waals surface area (Å²) in [5, 5.41) is 3.18. The van der Waals surface area contributed by atoms with Gasteiger partial charge in [-0.2, -0.15) is 0 Å².